The number of nitrogens with one attached hydrogen (secondary N) is 1. The van der Waals surface area contributed by atoms with Gasteiger partial charge in [-0.15, -0.1) is 0 Å². The second kappa shape index (κ2) is 10.8. The van der Waals surface area contributed by atoms with Crippen LogP contribution in [0.25, 0.3) is 0 Å². The number of aliphatic hydroxyl groups is 1. The Labute approximate surface area is 172 Å². The molecule has 2 aromatic rings. The first kappa shape index (κ1) is 21.1. The molecule has 0 bridgehead atoms. The van der Waals surface area contributed by atoms with E-state index in [-0.39, 0.29) is 12.5 Å². The summed E-state index contributed by atoms with van der Waals surface area (Å²) in [5.74, 6) is 0.616. The molecule has 2 atom stereocenters. The molecule has 3 rings (SSSR count). The molecule has 0 radical (unpaired) electrons. The van der Waals surface area contributed by atoms with Gasteiger partial charge in [0.1, 0.15) is 12.4 Å². The maximum Gasteiger partial charge on any atom is 0.407 e. The number of nitrogens with zero attached hydrogens (tertiary/aromatic N) is 1. The van der Waals surface area contributed by atoms with Crippen molar-refractivity contribution < 1.29 is 19.4 Å². The third-order valence-corrected chi connectivity index (χ3v) is 5.32. The number of rotatable bonds is 9. The SMILES string of the molecule is COc1ccc([C@@H](O)[C@H](CNC(=O)OCc2ccccc2)CN2CCCC2)cc1. The van der Waals surface area contributed by atoms with E-state index in [0.29, 0.717) is 6.54 Å². The second-order valence-electron chi connectivity index (χ2n) is 7.43. The van der Waals surface area contributed by atoms with Crippen molar-refractivity contribution in [1.82, 2.24) is 10.2 Å². The molecule has 0 aromatic heterocycles. The lowest BCUT2D eigenvalue weighted by Gasteiger charge is -2.28. The summed E-state index contributed by atoms with van der Waals surface area (Å²) in [5, 5.41) is 13.8. The van der Waals surface area contributed by atoms with Crippen LogP contribution >= 0.6 is 0 Å². The fourth-order valence-corrected chi connectivity index (χ4v) is 3.63. The van der Waals surface area contributed by atoms with Crippen molar-refractivity contribution in [2.45, 2.75) is 25.6 Å². The van der Waals surface area contributed by atoms with Gasteiger partial charge in [-0.2, -0.15) is 0 Å². The molecule has 0 unspecified atom stereocenters. The van der Waals surface area contributed by atoms with Crippen molar-refractivity contribution >= 4 is 6.09 Å². The fraction of sp³-hybridized carbons (Fsp3) is 0.435. The molecule has 1 aliphatic rings. The Hall–Kier alpha value is -2.57. The highest BCUT2D eigenvalue weighted by Gasteiger charge is 2.26. The molecule has 6 heteroatoms. The van der Waals surface area contributed by atoms with Gasteiger partial charge in [-0.05, 0) is 49.2 Å². The van der Waals surface area contributed by atoms with Gasteiger partial charge in [0.25, 0.3) is 0 Å². The molecule has 29 heavy (non-hydrogen) atoms. The van der Waals surface area contributed by atoms with E-state index in [1.165, 1.54) is 12.8 Å². The summed E-state index contributed by atoms with van der Waals surface area (Å²) >= 11 is 0. The molecule has 1 amide bonds. The van der Waals surface area contributed by atoms with Crippen LogP contribution in [0.3, 0.4) is 0 Å². The molecular weight excluding hydrogens is 368 g/mol. The van der Waals surface area contributed by atoms with E-state index >= 15 is 0 Å². The van der Waals surface area contributed by atoms with Crippen molar-refractivity contribution in [2.75, 3.05) is 33.3 Å². The number of benzene rings is 2. The predicted octanol–water partition coefficient (Wildman–Crippen LogP) is 3.37. The quantitative estimate of drug-likeness (QED) is 0.678. The summed E-state index contributed by atoms with van der Waals surface area (Å²) in [6.45, 7) is 3.36. The minimum absolute atomic E-state index is 0.134. The number of alkyl carbamates (subject to hydrolysis) is 1. The lowest BCUT2D eigenvalue weighted by molar-refractivity contribution is 0.0802. The maximum atomic E-state index is 12.2. The Morgan fingerprint density at radius 3 is 2.45 bits per heavy atom. The van der Waals surface area contributed by atoms with Crippen LogP contribution in [0.1, 0.15) is 30.1 Å². The van der Waals surface area contributed by atoms with E-state index in [2.05, 4.69) is 10.2 Å². The van der Waals surface area contributed by atoms with Crippen LogP contribution < -0.4 is 10.1 Å². The number of likely N-dealkylation sites (tertiary alicyclic amines) is 1. The molecule has 1 aliphatic heterocycles. The average Bonchev–Trinajstić information content (AvgIpc) is 3.28. The van der Waals surface area contributed by atoms with Gasteiger partial charge < -0.3 is 24.8 Å². The summed E-state index contributed by atoms with van der Waals surface area (Å²) in [5.41, 5.74) is 1.75. The Morgan fingerprint density at radius 1 is 1.10 bits per heavy atom. The first-order chi connectivity index (χ1) is 14.2. The third kappa shape index (κ3) is 6.48. The fourth-order valence-electron chi connectivity index (χ4n) is 3.63. The van der Waals surface area contributed by atoms with Gasteiger partial charge >= 0.3 is 6.09 Å². The minimum Gasteiger partial charge on any atom is -0.497 e. The summed E-state index contributed by atoms with van der Waals surface area (Å²) < 4.78 is 10.5. The number of hydrogen-bond acceptors (Lipinski definition) is 5. The van der Waals surface area contributed by atoms with Crippen LogP contribution in [0.5, 0.6) is 5.75 Å². The van der Waals surface area contributed by atoms with Crippen LogP contribution in [0.4, 0.5) is 4.79 Å². The van der Waals surface area contributed by atoms with Gasteiger partial charge in [-0.1, -0.05) is 42.5 Å². The lowest BCUT2D eigenvalue weighted by atomic mass is 9.95. The minimum atomic E-state index is -0.684. The highest BCUT2D eigenvalue weighted by Crippen LogP contribution is 2.26. The van der Waals surface area contributed by atoms with Crippen LogP contribution in [0.2, 0.25) is 0 Å². The second-order valence-corrected chi connectivity index (χ2v) is 7.43. The molecule has 6 nitrogen and oxygen atoms in total. The number of amides is 1. The molecule has 0 aliphatic carbocycles. The summed E-state index contributed by atoms with van der Waals surface area (Å²) in [6, 6.07) is 17.0. The molecule has 1 fully saturated rings. The van der Waals surface area contributed by atoms with E-state index < -0.39 is 12.2 Å². The smallest absolute Gasteiger partial charge is 0.407 e. The Balaban J connectivity index is 1.57. The van der Waals surface area contributed by atoms with Gasteiger partial charge in [-0.25, -0.2) is 4.79 Å². The predicted molar refractivity (Wildman–Crippen MR) is 112 cm³/mol. The van der Waals surface area contributed by atoms with E-state index in [4.69, 9.17) is 9.47 Å². The van der Waals surface area contributed by atoms with E-state index in [1.54, 1.807) is 7.11 Å². The Bertz CT molecular complexity index is 745. The Morgan fingerprint density at radius 2 is 1.79 bits per heavy atom. The van der Waals surface area contributed by atoms with E-state index in [0.717, 1.165) is 36.5 Å². The largest absolute Gasteiger partial charge is 0.497 e. The Kier molecular flexibility index (Phi) is 7.90. The van der Waals surface area contributed by atoms with Crippen molar-refractivity contribution in [3.8, 4) is 5.75 Å². The number of carbonyl (C=O) groups is 1. The van der Waals surface area contributed by atoms with E-state index in [1.807, 2.05) is 54.6 Å². The molecule has 1 heterocycles. The van der Waals surface area contributed by atoms with E-state index in [9.17, 15) is 9.90 Å². The normalized spacial score (nSPS) is 16.2. The van der Waals surface area contributed by atoms with Crippen molar-refractivity contribution in [3.05, 3.63) is 65.7 Å². The summed E-state index contributed by atoms with van der Waals surface area (Å²) in [4.78, 5) is 14.5. The van der Waals surface area contributed by atoms with Crippen molar-refractivity contribution in [2.24, 2.45) is 5.92 Å². The molecule has 1 saturated heterocycles. The summed E-state index contributed by atoms with van der Waals surface area (Å²) in [7, 11) is 1.62. The zero-order valence-electron chi connectivity index (χ0n) is 16.9. The van der Waals surface area contributed by atoms with Crippen molar-refractivity contribution in [3.63, 3.8) is 0 Å². The highest BCUT2D eigenvalue weighted by molar-refractivity contribution is 5.67. The lowest BCUT2D eigenvalue weighted by Crippen LogP contribution is -2.39. The zero-order chi connectivity index (χ0) is 20.5. The molecule has 0 saturated carbocycles. The molecule has 2 N–H and O–H groups in total. The number of aliphatic hydroxyl groups excluding tert-OH is 1. The maximum absolute atomic E-state index is 12.2. The van der Waals surface area contributed by atoms with Gasteiger partial charge in [0.2, 0.25) is 0 Å². The topological polar surface area (TPSA) is 71.0 Å². The number of ether oxygens (including phenoxy) is 2. The van der Waals surface area contributed by atoms with Crippen LogP contribution in [0, 0.1) is 5.92 Å². The van der Waals surface area contributed by atoms with Crippen molar-refractivity contribution in [1.29, 1.82) is 0 Å². The van der Waals surface area contributed by atoms with Crippen LogP contribution in [0.15, 0.2) is 54.6 Å². The van der Waals surface area contributed by atoms with Gasteiger partial charge in [0.15, 0.2) is 0 Å². The zero-order valence-corrected chi connectivity index (χ0v) is 16.9. The number of carbonyl (C=O) groups excluding carboxylic acids is 1. The number of hydrogen-bond donors (Lipinski definition) is 2. The van der Waals surface area contributed by atoms with Gasteiger partial charge in [-0.3, -0.25) is 0 Å². The van der Waals surface area contributed by atoms with Crippen LogP contribution in [-0.2, 0) is 11.3 Å². The molecule has 0 spiro atoms. The third-order valence-electron chi connectivity index (χ3n) is 5.32. The highest BCUT2D eigenvalue weighted by atomic mass is 16.5. The van der Waals surface area contributed by atoms with Gasteiger partial charge in [0, 0.05) is 19.0 Å². The standard InChI is InChI=1S/C23H30N2O4/c1-28-21-11-9-19(10-12-21)22(26)20(16-25-13-5-6-14-25)15-24-23(27)29-17-18-7-3-2-4-8-18/h2-4,7-12,20,22,26H,5-6,13-17H2,1H3,(H,24,27)/t20-,22-/m1/s1. The molecular formula is C23H30N2O4. The number of methoxy groups -OCH3 is 1. The summed E-state index contributed by atoms with van der Waals surface area (Å²) in [6.07, 6.45) is 1.20. The average molecular weight is 399 g/mol. The van der Waals surface area contributed by atoms with Gasteiger partial charge in [0.05, 0.1) is 13.2 Å². The molecule has 2 aromatic carbocycles. The first-order valence-corrected chi connectivity index (χ1v) is 10.1. The monoisotopic (exact) mass is 398 g/mol. The van der Waals surface area contributed by atoms with Crippen LogP contribution in [-0.4, -0.2) is 49.4 Å². The first-order valence-electron chi connectivity index (χ1n) is 10.1. The molecule has 156 valence electrons.